The summed E-state index contributed by atoms with van der Waals surface area (Å²) in [5.41, 5.74) is 1.94. The first-order valence-corrected chi connectivity index (χ1v) is 9.13. The lowest BCUT2D eigenvalue weighted by molar-refractivity contribution is -0.122. The lowest BCUT2D eigenvalue weighted by atomic mass is 9.88. The number of pyridine rings is 1. The molecule has 3 rings (SSSR count). The van der Waals surface area contributed by atoms with Gasteiger partial charge in [-0.15, -0.1) is 11.8 Å². The Labute approximate surface area is 152 Å². The van der Waals surface area contributed by atoms with E-state index in [2.05, 4.69) is 36.1 Å². The molecule has 1 aromatic carbocycles. The predicted octanol–water partition coefficient (Wildman–Crippen LogP) is 4.56. The number of carbonyl (C=O) groups is 1. The fraction of sp³-hybridized carbons (Fsp3) is 0.350. The summed E-state index contributed by atoms with van der Waals surface area (Å²) in [5.74, 6) is 0.577. The molecule has 1 aliphatic heterocycles. The van der Waals surface area contributed by atoms with Crippen LogP contribution >= 0.6 is 11.8 Å². The number of nitrogens with one attached hydrogen (secondary N) is 1. The smallest absolute Gasteiger partial charge is 0.241 e. The maximum atomic E-state index is 12.7. The first-order valence-electron chi connectivity index (χ1n) is 8.32. The Morgan fingerprint density at radius 1 is 1.08 bits per heavy atom. The molecule has 25 heavy (non-hydrogen) atoms. The van der Waals surface area contributed by atoms with E-state index in [9.17, 15) is 4.79 Å². The van der Waals surface area contributed by atoms with E-state index in [-0.39, 0.29) is 11.3 Å². The van der Waals surface area contributed by atoms with E-state index in [4.69, 9.17) is 0 Å². The molecule has 0 unspecified atom stereocenters. The summed E-state index contributed by atoms with van der Waals surface area (Å²) in [6.45, 7) is 10.2. The molecule has 4 nitrogen and oxygen atoms in total. The number of aromatic nitrogens is 1. The van der Waals surface area contributed by atoms with E-state index in [0.29, 0.717) is 5.82 Å². The van der Waals surface area contributed by atoms with Crippen molar-refractivity contribution < 1.29 is 4.79 Å². The van der Waals surface area contributed by atoms with Crippen molar-refractivity contribution in [1.82, 2.24) is 10.3 Å². The quantitative estimate of drug-likeness (QED) is 0.820. The number of carbonyl (C=O) groups excluding carboxylic acids is 1. The number of aliphatic imine (C=N–C) groups is 1. The van der Waals surface area contributed by atoms with Gasteiger partial charge in [0, 0.05) is 28.0 Å². The molecular formula is C20H23N3OS. The minimum Gasteiger partial charge on any atom is -0.309 e. The highest BCUT2D eigenvalue weighted by Crippen LogP contribution is 2.36. The van der Waals surface area contributed by atoms with Crippen LogP contribution in [0.15, 0.2) is 58.3 Å². The van der Waals surface area contributed by atoms with Crippen molar-refractivity contribution in [1.29, 1.82) is 0 Å². The third-order valence-corrected chi connectivity index (χ3v) is 5.28. The van der Waals surface area contributed by atoms with Gasteiger partial charge in [-0.3, -0.25) is 9.78 Å². The van der Waals surface area contributed by atoms with Gasteiger partial charge in [-0.05, 0) is 26.0 Å². The van der Waals surface area contributed by atoms with E-state index in [1.807, 2.05) is 50.3 Å². The van der Waals surface area contributed by atoms with Crippen molar-refractivity contribution in [2.24, 2.45) is 10.4 Å². The van der Waals surface area contributed by atoms with Crippen LogP contribution in [0.4, 0.5) is 0 Å². The molecule has 130 valence electrons. The third kappa shape index (κ3) is 3.76. The van der Waals surface area contributed by atoms with Gasteiger partial charge in [-0.1, -0.05) is 39.0 Å². The van der Waals surface area contributed by atoms with E-state index in [0.717, 1.165) is 21.5 Å². The van der Waals surface area contributed by atoms with Gasteiger partial charge < -0.3 is 5.32 Å². The van der Waals surface area contributed by atoms with Crippen molar-refractivity contribution in [3.05, 3.63) is 48.4 Å². The number of benzene rings is 1. The zero-order valence-electron chi connectivity index (χ0n) is 15.3. The minimum atomic E-state index is -0.639. The van der Waals surface area contributed by atoms with Crippen molar-refractivity contribution in [3.8, 4) is 0 Å². The SMILES string of the molecule is CC(C)(C)C1=NC(NC(=O)C(C)(C)Sc2cccc3cccnc23)=C1. The zero-order valence-corrected chi connectivity index (χ0v) is 16.1. The molecule has 2 heterocycles. The van der Waals surface area contributed by atoms with E-state index >= 15 is 0 Å². The van der Waals surface area contributed by atoms with Gasteiger partial charge in [0.15, 0.2) is 0 Å². The van der Waals surface area contributed by atoms with Gasteiger partial charge in [0.25, 0.3) is 0 Å². The molecule has 0 saturated carbocycles. The highest BCUT2D eigenvalue weighted by molar-refractivity contribution is 8.01. The minimum absolute atomic E-state index is 0.00706. The third-order valence-electron chi connectivity index (χ3n) is 4.03. The van der Waals surface area contributed by atoms with Crippen molar-refractivity contribution in [2.45, 2.75) is 44.3 Å². The standard InChI is InChI=1S/C20H23N3OS/c1-19(2,3)15-12-16(22-15)23-18(24)20(4,5)25-14-10-6-8-13-9-7-11-21-17(13)14/h6-12H,1-5H3,(H,22,23,24). The van der Waals surface area contributed by atoms with Crippen LogP contribution in [0.1, 0.15) is 34.6 Å². The normalized spacial score (nSPS) is 14.6. The lowest BCUT2D eigenvalue weighted by Gasteiger charge is -2.28. The highest BCUT2D eigenvalue weighted by atomic mass is 32.2. The Morgan fingerprint density at radius 2 is 1.76 bits per heavy atom. The number of nitrogens with zero attached hydrogens (tertiary/aromatic N) is 2. The van der Waals surface area contributed by atoms with Crippen molar-refractivity contribution >= 4 is 34.3 Å². The molecule has 1 aromatic heterocycles. The van der Waals surface area contributed by atoms with Crippen LogP contribution in [0, 0.1) is 5.41 Å². The summed E-state index contributed by atoms with van der Waals surface area (Å²) < 4.78 is -0.639. The Hall–Kier alpha value is -2.14. The monoisotopic (exact) mass is 353 g/mol. The van der Waals surface area contributed by atoms with E-state index in [1.165, 1.54) is 11.8 Å². The van der Waals surface area contributed by atoms with Crippen LogP contribution in [0.3, 0.4) is 0 Å². The Balaban J connectivity index is 1.72. The van der Waals surface area contributed by atoms with Crippen LogP contribution < -0.4 is 5.32 Å². The van der Waals surface area contributed by atoms with Gasteiger partial charge >= 0.3 is 0 Å². The molecule has 0 bridgehead atoms. The van der Waals surface area contributed by atoms with Crippen LogP contribution in [-0.2, 0) is 4.79 Å². The molecule has 2 aromatic rings. The van der Waals surface area contributed by atoms with Gasteiger partial charge in [0.1, 0.15) is 5.82 Å². The fourth-order valence-corrected chi connectivity index (χ4v) is 3.56. The number of amides is 1. The van der Waals surface area contributed by atoms with E-state index < -0.39 is 4.75 Å². The molecule has 0 aliphatic carbocycles. The topological polar surface area (TPSA) is 54.4 Å². The summed E-state index contributed by atoms with van der Waals surface area (Å²) in [7, 11) is 0. The average molecular weight is 353 g/mol. The maximum absolute atomic E-state index is 12.7. The zero-order chi connectivity index (χ0) is 18.2. The number of allylic oxidation sites excluding steroid dienone is 1. The second-order valence-electron chi connectivity index (χ2n) is 7.67. The number of para-hydroxylation sites is 1. The summed E-state index contributed by atoms with van der Waals surface area (Å²) in [4.78, 5) is 22.6. The lowest BCUT2D eigenvalue weighted by Crippen LogP contribution is -2.41. The summed E-state index contributed by atoms with van der Waals surface area (Å²) >= 11 is 1.52. The highest BCUT2D eigenvalue weighted by Gasteiger charge is 2.32. The molecule has 1 amide bonds. The molecule has 5 heteroatoms. The van der Waals surface area contributed by atoms with Crippen LogP contribution in [0.25, 0.3) is 10.9 Å². The first-order chi connectivity index (χ1) is 11.7. The van der Waals surface area contributed by atoms with Crippen LogP contribution in [0.2, 0.25) is 0 Å². The molecule has 0 spiro atoms. The maximum Gasteiger partial charge on any atom is 0.241 e. The van der Waals surface area contributed by atoms with Crippen LogP contribution in [0.5, 0.6) is 0 Å². The number of thioether (sulfide) groups is 1. The van der Waals surface area contributed by atoms with Gasteiger partial charge in [-0.2, -0.15) is 0 Å². The largest absolute Gasteiger partial charge is 0.309 e. The van der Waals surface area contributed by atoms with Gasteiger partial charge in [-0.25, -0.2) is 4.99 Å². The summed E-state index contributed by atoms with van der Waals surface area (Å²) in [6, 6.07) is 9.98. The van der Waals surface area contributed by atoms with Crippen molar-refractivity contribution in [2.75, 3.05) is 0 Å². The number of hydrogen-bond donors (Lipinski definition) is 1. The molecule has 0 atom stereocenters. The first kappa shape index (κ1) is 17.7. The number of hydrogen-bond acceptors (Lipinski definition) is 4. The van der Waals surface area contributed by atoms with Gasteiger partial charge in [0.05, 0.1) is 16.0 Å². The van der Waals surface area contributed by atoms with E-state index in [1.54, 1.807) is 6.20 Å². The second-order valence-corrected chi connectivity index (χ2v) is 9.34. The predicted molar refractivity (Wildman–Crippen MR) is 105 cm³/mol. The van der Waals surface area contributed by atoms with Gasteiger partial charge in [0.2, 0.25) is 5.91 Å². The summed E-state index contributed by atoms with van der Waals surface area (Å²) in [5, 5.41) is 3.99. The van der Waals surface area contributed by atoms with Crippen molar-refractivity contribution in [3.63, 3.8) is 0 Å². The molecule has 0 radical (unpaired) electrons. The number of rotatable bonds is 4. The number of fused-ring (bicyclic) bond motifs is 1. The summed E-state index contributed by atoms with van der Waals surface area (Å²) in [6.07, 6.45) is 3.72. The average Bonchev–Trinajstić information content (AvgIpc) is 2.49. The molecule has 1 aliphatic rings. The molecule has 0 saturated heterocycles. The fourth-order valence-electron chi connectivity index (χ4n) is 2.45. The second kappa shape index (κ2) is 6.30. The Bertz CT molecular complexity index is 886. The Kier molecular flexibility index (Phi) is 4.45. The molecule has 1 N–H and O–H groups in total. The Morgan fingerprint density at radius 3 is 2.44 bits per heavy atom. The van der Waals surface area contributed by atoms with Crippen LogP contribution in [-0.4, -0.2) is 21.3 Å². The molecule has 0 fully saturated rings. The molecular weight excluding hydrogens is 330 g/mol.